The summed E-state index contributed by atoms with van der Waals surface area (Å²) in [4.78, 5) is 30.3. The molecule has 0 spiro atoms. The number of Topliss-reactive ketones (excluding diaryl/α,β-unsaturated/α-hetero) is 2. The van der Waals surface area contributed by atoms with Crippen LogP contribution in [-0.2, 0) is 9.59 Å². The van der Waals surface area contributed by atoms with Gasteiger partial charge in [0.25, 0.3) is 0 Å². The summed E-state index contributed by atoms with van der Waals surface area (Å²) in [6.07, 6.45) is 1.67. The zero-order valence-corrected chi connectivity index (χ0v) is 17.9. The van der Waals surface area contributed by atoms with Crippen LogP contribution in [0.25, 0.3) is 0 Å². The molecule has 0 saturated carbocycles. The van der Waals surface area contributed by atoms with Gasteiger partial charge in [0.1, 0.15) is 11.6 Å². The fraction of sp³-hybridized carbons (Fsp3) is 0.115. The van der Waals surface area contributed by atoms with E-state index in [-0.39, 0.29) is 11.6 Å². The van der Waals surface area contributed by atoms with Gasteiger partial charge in [0, 0.05) is 28.7 Å². The predicted molar refractivity (Wildman–Crippen MR) is 126 cm³/mol. The van der Waals surface area contributed by atoms with Crippen LogP contribution in [0.4, 0.5) is 11.4 Å². The lowest BCUT2D eigenvalue weighted by Crippen LogP contribution is -2.37. The summed E-state index contributed by atoms with van der Waals surface area (Å²) < 4.78 is 0. The van der Waals surface area contributed by atoms with Crippen molar-refractivity contribution in [3.05, 3.63) is 114 Å². The highest BCUT2D eigenvalue weighted by molar-refractivity contribution is 6.04. The second-order valence-electron chi connectivity index (χ2n) is 7.48. The van der Waals surface area contributed by atoms with E-state index >= 15 is 0 Å². The number of nitrogens with one attached hydrogen (secondary N) is 3. The zero-order valence-electron chi connectivity index (χ0n) is 17.9. The van der Waals surface area contributed by atoms with Gasteiger partial charge in [0.15, 0.2) is 11.6 Å². The minimum atomic E-state index is -0.620. The van der Waals surface area contributed by atoms with Gasteiger partial charge in [-0.05, 0) is 50.2 Å². The van der Waals surface area contributed by atoms with Crippen molar-refractivity contribution in [2.45, 2.75) is 19.8 Å². The summed E-state index contributed by atoms with van der Waals surface area (Å²) in [7, 11) is 0. The van der Waals surface area contributed by atoms with E-state index in [0.717, 1.165) is 11.4 Å². The van der Waals surface area contributed by atoms with E-state index in [1.807, 2.05) is 78.9 Å². The van der Waals surface area contributed by atoms with E-state index in [1.165, 1.54) is 13.8 Å². The lowest BCUT2D eigenvalue weighted by molar-refractivity contribution is -0.114. The Bertz CT molecular complexity index is 1110. The molecule has 0 saturated heterocycles. The fourth-order valence-corrected chi connectivity index (χ4v) is 3.82. The van der Waals surface area contributed by atoms with Crippen LogP contribution in [0, 0.1) is 0 Å². The molecule has 6 nitrogen and oxygen atoms in total. The van der Waals surface area contributed by atoms with Crippen LogP contribution in [0.5, 0.6) is 0 Å². The Morgan fingerprint density at radius 1 is 0.719 bits per heavy atom. The molecule has 2 heterocycles. The minimum absolute atomic E-state index is 0.149. The summed E-state index contributed by atoms with van der Waals surface area (Å²) in [5.74, 6) is 0.114. The summed E-state index contributed by atoms with van der Waals surface area (Å²) in [5, 5.41) is 9.92. The quantitative estimate of drug-likeness (QED) is 0.514. The van der Waals surface area contributed by atoms with Gasteiger partial charge in [-0.15, -0.1) is 0 Å². The molecule has 1 aromatic heterocycles. The molecule has 0 radical (unpaired) electrons. The molecule has 0 aliphatic carbocycles. The number of carbonyl (C=O) groups is 2. The van der Waals surface area contributed by atoms with E-state index in [9.17, 15) is 9.59 Å². The average Bonchev–Trinajstić information content (AvgIpc) is 2.80. The maximum Gasteiger partial charge on any atom is 0.160 e. The van der Waals surface area contributed by atoms with Gasteiger partial charge >= 0.3 is 0 Å². The summed E-state index contributed by atoms with van der Waals surface area (Å²) >= 11 is 0. The maximum absolute atomic E-state index is 12.9. The number of anilines is 2. The number of benzene rings is 2. The van der Waals surface area contributed by atoms with Gasteiger partial charge in [0.2, 0.25) is 0 Å². The van der Waals surface area contributed by atoms with Gasteiger partial charge < -0.3 is 16.0 Å². The molecule has 3 N–H and O–H groups in total. The first-order chi connectivity index (χ1) is 15.5. The third-order valence-corrected chi connectivity index (χ3v) is 5.19. The highest BCUT2D eigenvalue weighted by Crippen LogP contribution is 2.38. The van der Waals surface area contributed by atoms with Crippen LogP contribution in [0.2, 0.25) is 0 Å². The number of hydrogen-bond acceptors (Lipinski definition) is 6. The molecule has 4 rings (SSSR count). The number of para-hydroxylation sites is 2. The largest absolute Gasteiger partial charge is 0.341 e. The van der Waals surface area contributed by atoms with Gasteiger partial charge in [-0.3, -0.25) is 14.6 Å². The molecule has 0 atom stereocenters. The monoisotopic (exact) mass is 424 g/mol. The Labute approximate surface area is 187 Å². The first-order valence-corrected chi connectivity index (χ1v) is 10.4. The highest BCUT2D eigenvalue weighted by Gasteiger charge is 2.37. The number of rotatable bonds is 7. The lowest BCUT2D eigenvalue weighted by Gasteiger charge is -2.32. The number of dihydropyridines is 1. The van der Waals surface area contributed by atoms with E-state index in [0.29, 0.717) is 28.5 Å². The van der Waals surface area contributed by atoms with Crippen LogP contribution >= 0.6 is 0 Å². The van der Waals surface area contributed by atoms with E-state index in [2.05, 4.69) is 20.9 Å². The van der Waals surface area contributed by atoms with Crippen LogP contribution in [0.3, 0.4) is 0 Å². The molecule has 3 aromatic rings. The number of pyridine rings is 1. The fourth-order valence-electron chi connectivity index (χ4n) is 3.82. The number of aromatic nitrogens is 1. The van der Waals surface area contributed by atoms with Gasteiger partial charge in [0.05, 0.1) is 11.6 Å². The predicted octanol–water partition coefficient (Wildman–Crippen LogP) is 4.59. The Hall–Kier alpha value is -4.19. The molecule has 0 bridgehead atoms. The number of ketones is 2. The molecule has 6 heteroatoms. The molecule has 160 valence electrons. The molecular weight excluding hydrogens is 400 g/mol. The Balaban J connectivity index is 1.89. The minimum Gasteiger partial charge on any atom is -0.341 e. The third kappa shape index (κ3) is 4.44. The number of nitrogens with zero attached hydrogens (tertiary/aromatic N) is 1. The van der Waals surface area contributed by atoms with Crippen molar-refractivity contribution in [3.63, 3.8) is 0 Å². The van der Waals surface area contributed by atoms with Crippen molar-refractivity contribution < 1.29 is 9.59 Å². The topological polar surface area (TPSA) is 83.1 Å². The molecule has 0 amide bonds. The molecule has 2 aromatic carbocycles. The first-order valence-electron chi connectivity index (χ1n) is 10.4. The van der Waals surface area contributed by atoms with Crippen LogP contribution in [0.15, 0.2) is 108 Å². The zero-order chi connectivity index (χ0) is 22.5. The van der Waals surface area contributed by atoms with Crippen molar-refractivity contribution in [3.8, 4) is 0 Å². The van der Waals surface area contributed by atoms with Crippen molar-refractivity contribution >= 4 is 22.9 Å². The Morgan fingerprint density at radius 2 is 1.19 bits per heavy atom. The van der Waals surface area contributed by atoms with Crippen molar-refractivity contribution in [2.75, 3.05) is 10.6 Å². The summed E-state index contributed by atoms with van der Waals surface area (Å²) in [6.45, 7) is 3.01. The molecule has 0 fully saturated rings. The van der Waals surface area contributed by atoms with Crippen LogP contribution in [-0.4, -0.2) is 16.6 Å². The number of hydrogen-bond donors (Lipinski definition) is 3. The molecule has 1 aliphatic rings. The molecule has 1 aliphatic heterocycles. The van der Waals surface area contributed by atoms with Crippen LogP contribution in [0.1, 0.15) is 25.5 Å². The van der Waals surface area contributed by atoms with Gasteiger partial charge in [-0.25, -0.2) is 0 Å². The van der Waals surface area contributed by atoms with E-state index in [4.69, 9.17) is 0 Å². The van der Waals surface area contributed by atoms with E-state index < -0.39 is 5.92 Å². The molecule has 32 heavy (non-hydrogen) atoms. The van der Waals surface area contributed by atoms with Gasteiger partial charge in [-0.2, -0.15) is 0 Å². The normalized spacial score (nSPS) is 14.1. The Morgan fingerprint density at radius 3 is 1.59 bits per heavy atom. The van der Waals surface area contributed by atoms with Crippen LogP contribution < -0.4 is 16.0 Å². The second kappa shape index (κ2) is 9.31. The summed E-state index contributed by atoms with van der Waals surface area (Å²) in [5.41, 5.74) is 3.18. The van der Waals surface area contributed by atoms with Crippen molar-refractivity contribution in [1.82, 2.24) is 10.3 Å². The second-order valence-corrected chi connectivity index (χ2v) is 7.48. The summed E-state index contributed by atoms with van der Waals surface area (Å²) in [6, 6.07) is 24.7. The maximum atomic E-state index is 12.9. The standard InChI is InChI=1S/C26H24N4O2/c1-17(31)22-24(21-15-9-10-16-27-21)23(18(2)32)26(29-20-13-7-4-8-14-20)30-25(22)28-19-11-5-3-6-12-19/h3-16,24,28-30H,1-2H3. The molecular formula is C26H24N4O2. The average molecular weight is 425 g/mol. The smallest absolute Gasteiger partial charge is 0.160 e. The Kier molecular flexibility index (Phi) is 6.12. The SMILES string of the molecule is CC(=O)C1=C(Nc2ccccc2)NC(Nc2ccccc2)=C(C(C)=O)C1c1ccccn1. The molecule has 0 unspecified atom stereocenters. The number of allylic oxidation sites excluding steroid dienone is 2. The van der Waals surface area contributed by atoms with Gasteiger partial charge in [-0.1, -0.05) is 42.5 Å². The lowest BCUT2D eigenvalue weighted by atomic mass is 9.81. The first kappa shape index (κ1) is 21.1. The highest BCUT2D eigenvalue weighted by atomic mass is 16.1. The number of carbonyl (C=O) groups excluding carboxylic acids is 2. The van der Waals surface area contributed by atoms with E-state index in [1.54, 1.807) is 6.20 Å². The van der Waals surface area contributed by atoms with Crippen molar-refractivity contribution in [1.29, 1.82) is 0 Å². The van der Waals surface area contributed by atoms with Crippen molar-refractivity contribution in [2.24, 2.45) is 0 Å². The third-order valence-electron chi connectivity index (χ3n) is 5.19.